The molecule has 0 fully saturated rings. The maximum absolute atomic E-state index is 2.62. The van der Waals surface area contributed by atoms with Crippen LogP contribution in [0.5, 0.6) is 0 Å². The Labute approximate surface area is 210 Å². The summed E-state index contributed by atoms with van der Waals surface area (Å²) in [6.07, 6.45) is 10.3. The number of hydrogen-bond acceptors (Lipinski definition) is 0. The van der Waals surface area contributed by atoms with Crippen LogP contribution in [0.4, 0.5) is 0 Å². The first kappa shape index (κ1) is 23.3. The van der Waals surface area contributed by atoms with E-state index in [-0.39, 0.29) is 32.3 Å². The van der Waals surface area contributed by atoms with Crippen LogP contribution in [0.3, 0.4) is 0 Å². The standard InChI is InChI=1S/C20H16P.C7H9.2ClH.Hf/c1-2-7-15-13-16(12-14(15)6-1)21-19-10-4-3-8-17(19)18-9-5-11-20(18)21;1-6-4-3-5-7(6)2;;;/h1-4,6-8,10,12-13H,5,9,11H2;4H,3H2,1-2H3;2*1H;/q;;;;+2/p-2. The van der Waals surface area contributed by atoms with Crippen LogP contribution < -0.4 is 24.8 Å². The molecule has 0 saturated carbocycles. The first-order valence-electron chi connectivity index (χ1n) is 10.8. The summed E-state index contributed by atoms with van der Waals surface area (Å²) in [6.45, 7) is 4.68. The molecule has 3 aromatic rings. The van der Waals surface area contributed by atoms with E-state index in [1.807, 2.05) is 8.62 Å². The third-order valence-electron chi connectivity index (χ3n) is 7.07. The fourth-order valence-electron chi connectivity index (χ4n) is 5.42. The first-order chi connectivity index (χ1) is 14.2. The van der Waals surface area contributed by atoms with E-state index in [1.54, 1.807) is 32.5 Å². The van der Waals surface area contributed by atoms with E-state index in [4.69, 9.17) is 0 Å². The summed E-state index contributed by atoms with van der Waals surface area (Å²) in [6, 6.07) is 18.6. The van der Waals surface area contributed by atoms with Gasteiger partial charge in [0.1, 0.15) is 0 Å². The van der Waals surface area contributed by atoms with E-state index in [0.29, 0.717) is 0 Å². The number of hydrogen-bond donors (Lipinski definition) is 0. The Hall–Kier alpha value is -0.850. The monoisotopic (exact) mass is 630 g/mol. The van der Waals surface area contributed by atoms with Crippen LogP contribution in [-0.4, -0.2) is 0 Å². The smallest absolute Gasteiger partial charge is 1.00 e. The minimum absolute atomic E-state index is 0. The molecule has 1 aromatic heterocycles. The molecule has 2 atom stereocenters. The fourth-order valence-corrected chi connectivity index (χ4v) is 16.3. The molecule has 0 radical (unpaired) electrons. The van der Waals surface area contributed by atoms with Gasteiger partial charge in [-0.2, -0.15) is 0 Å². The summed E-state index contributed by atoms with van der Waals surface area (Å²) in [7, 11) is -0.284. The van der Waals surface area contributed by atoms with Gasteiger partial charge in [-0.1, -0.05) is 0 Å². The van der Waals surface area contributed by atoms with Gasteiger partial charge < -0.3 is 24.8 Å². The number of halogens is 2. The molecule has 0 aliphatic heterocycles. The van der Waals surface area contributed by atoms with Gasteiger partial charge in [0.25, 0.3) is 0 Å². The van der Waals surface area contributed by atoms with Crippen molar-refractivity contribution < 1.29 is 47.7 Å². The molecule has 3 aliphatic rings. The molecule has 1 heterocycles. The van der Waals surface area contributed by atoms with Crippen molar-refractivity contribution in [1.29, 1.82) is 0 Å². The molecule has 0 nitrogen and oxygen atoms in total. The van der Waals surface area contributed by atoms with Crippen LogP contribution in [0.2, 0.25) is 0 Å². The van der Waals surface area contributed by atoms with Crippen LogP contribution in [-0.2, 0) is 35.7 Å². The summed E-state index contributed by atoms with van der Waals surface area (Å²) in [5.74, 6) is 0. The van der Waals surface area contributed by atoms with Crippen molar-refractivity contribution in [3.8, 4) is 0 Å². The molecule has 6 rings (SSSR count). The summed E-state index contributed by atoms with van der Waals surface area (Å²) < 4.78 is 2.58. The van der Waals surface area contributed by atoms with E-state index in [2.05, 4.69) is 74.5 Å². The molecule has 156 valence electrons. The van der Waals surface area contributed by atoms with Crippen LogP contribution >= 0.6 is 7.53 Å². The molecular weight excluding hydrogens is 605 g/mol. The zero-order valence-corrected chi connectivity index (χ0v) is 23.9. The van der Waals surface area contributed by atoms with Crippen LogP contribution in [0.25, 0.3) is 21.9 Å². The molecular formula is C27H25Cl2HfP. The molecule has 0 amide bonds. The maximum Gasteiger partial charge on any atom is -1.00 e. The Morgan fingerprint density at radius 3 is 2.52 bits per heavy atom. The third-order valence-corrected chi connectivity index (χ3v) is 17.4. The average Bonchev–Trinajstić information content (AvgIpc) is 3.48. The largest absolute Gasteiger partial charge is 1.00 e. The summed E-state index contributed by atoms with van der Waals surface area (Å²) >= 11 is -1.01. The van der Waals surface area contributed by atoms with Crippen molar-refractivity contribution >= 4 is 29.4 Å². The summed E-state index contributed by atoms with van der Waals surface area (Å²) in [5, 5.41) is 6.86. The quantitative estimate of drug-likeness (QED) is 0.390. The van der Waals surface area contributed by atoms with Crippen molar-refractivity contribution in [2.24, 2.45) is 0 Å². The van der Waals surface area contributed by atoms with Crippen molar-refractivity contribution in [3.63, 3.8) is 0 Å². The Morgan fingerprint density at radius 1 is 0.935 bits per heavy atom. The summed E-state index contributed by atoms with van der Waals surface area (Å²) in [4.78, 5) is 0. The first-order valence-corrected chi connectivity index (χ1v) is 16.0. The molecule has 0 spiro atoms. The molecule has 2 aromatic carbocycles. The fraction of sp³-hybridized carbons (Fsp3) is 0.259. The minimum atomic E-state index is -1.01. The van der Waals surface area contributed by atoms with Gasteiger partial charge in [0, 0.05) is 0 Å². The van der Waals surface area contributed by atoms with E-state index in [9.17, 15) is 0 Å². The number of aryl methyl sites for hydroxylation is 1. The minimum Gasteiger partial charge on any atom is -1.00 e. The van der Waals surface area contributed by atoms with Crippen molar-refractivity contribution in [2.45, 2.75) is 43.2 Å². The second-order valence-electron chi connectivity index (χ2n) is 8.60. The van der Waals surface area contributed by atoms with Crippen molar-refractivity contribution in [3.05, 3.63) is 91.1 Å². The molecule has 2 unspecified atom stereocenters. The van der Waals surface area contributed by atoms with Crippen LogP contribution in [0, 0.1) is 0 Å². The van der Waals surface area contributed by atoms with Gasteiger partial charge in [-0.15, -0.1) is 0 Å². The van der Waals surface area contributed by atoms with Gasteiger partial charge in [0.05, 0.1) is 0 Å². The third kappa shape index (κ3) is 3.71. The van der Waals surface area contributed by atoms with E-state index < -0.39 is 22.9 Å². The SMILES string of the molecule is CC1=CC[C]([Hf+2][CH]2C(p3c4c(c5ccccc53)CCC4)=Cc3ccccc32)=C1C.[Cl-].[Cl-]. The number of benzene rings is 2. The Bertz CT molecular complexity index is 1260. The molecule has 0 bridgehead atoms. The second-order valence-corrected chi connectivity index (χ2v) is 16.1. The zero-order chi connectivity index (χ0) is 19.5. The zero-order valence-electron chi connectivity index (χ0n) is 17.9. The van der Waals surface area contributed by atoms with Crippen LogP contribution in [0.15, 0.2) is 69.1 Å². The van der Waals surface area contributed by atoms with Crippen molar-refractivity contribution in [2.75, 3.05) is 0 Å². The molecule has 0 saturated heterocycles. The Morgan fingerprint density at radius 2 is 1.71 bits per heavy atom. The van der Waals surface area contributed by atoms with Gasteiger partial charge in [0.15, 0.2) is 0 Å². The Balaban J connectivity index is 0.00000116. The topological polar surface area (TPSA) is 0 Å². The average molecular weight is 630 g/mol. The predicted molar refractivity (Wildman–Crippen MR) is 123 cm³/mol. The summed E-state index contributed by atoms with van der Waals surface area (Å²) in [5.41, 5.74) is 8.01. The maximum atomic E-state index is 2.62. The van der Waals surface area contributed by atoms with Gasteiger partial charge in [-0.3, -0.25) is 0 Å². The number of allylic oxidation sites excluding steroid dienone is 5. The van der Waals surface area contributed by atoms with Crippen LogP contribution in [0.1, 0.15) is 52.3 Å². The van der Waals surface area contributed by atoms with Crippen molar-refractivity contribution in [1.82, 2.24) is 0 Å². The molecule has 3 aliphatic carbocycles. The van der Waals surface area contributed by atoms with E-state index >= 15 is 0 Å². The van der Waals surface area contributed by atoms with E-state index in [1.165, 1.54) is 36.8 Å². The predicted octanol–water partition coefficient (Wildman–Crippen LogP) is 2.08. The second kappa shape index (κ2) is 9.18. The molecule has 4 heteroatoms. The van der Waals surface area contributed by atoms with Gasteiger partial charge in [-0.25, -0.2) is 0 Å². The Kier molecular flexibility index (Phi) is 6.91. The van der Waals surface area contributed by atoms with Gasteiger partial charge in [-0.05, 0) is 0 Å². The number of rotatable bonds is 3. The normalized spacial score (nSPS) is 19.3. The van der Waals surface area contributed by atoms with Gasteiger partial charge in [0.2, 0.25) is 0 Å². The molecule has 31 heavy (non-hydrogen) atoms. The van der Waals surface area contributed by atoms with E-state index in [0.717, 1.165) is 3.67 Å². The number of fused-ring (bicyclic) bond motifs is 4. The molecule has 0 N–H and O–H groups in total. The van der Waals surface area contributed by atoms with Gasteiger partial charge >= 0.3 is 187 Å².